The number of hydrogen-bond acceptors (Lipinski definition) is 1. The Hall–Kier alpha value is -0.990. The predicted molar refractivity (Wildman–Crippen MR) is 47.5 cm³/mol. The molecular weight excluding hydrogens is 172 g/mol. The van der Waals surface area contributed by atoms with Crippen molar-refractivity contribution in [2.75, 3.05) is 0 Å². The molecule has 0 amide bonds. The van der Waals surface area contributed by atoms with Crippen LogP contribution in [0.25, 0.3) is 0 Å². The summed E-state index contributed by atoms with van der Waals surface area (Å²) in [5, 5.41) is 0. The molecule has 3 heteroatoms. The fourth-order valence-corrected chi connectivity index (χ4v) is 1.49. The summed E-state index contributed by atoms with van der Waals surface area (Å²) in [5.74, 6) is -1.22. The van der Waals surface area contributed by atoms with Gasteiger partial charge in [0.05, 0.1) is 0 Å². The SMILES string of the molecule is CCC(CC)c1c(F)ccnc1F. The largest absolute Gasteiger partial charge is 0.228 e. The molecule has 0 aliphatic carbocycles. The van der Waals surface area contributed by atoms with Gasteiger partial charge in [-0.2, -0.15) is 4.39 Å². The lowest BCUT2D eigenvalue weighted by Crippen LogP contribution is -2.04. The van der Waals surface area contributed by atoms with E-state index in [1.165, 1.54) is 6.07 Å². The number of hydrogen-bond donors (Lipinski definition) is 0. The summed E-state index contributed by atoms with van der Waals surface area (Å²) >= 11 is 0. The number of rotatable bonds is 3. The first-order chi connectivity index (χ1) is 6.20. The zero-order valence-electron chi connectivity index (χ0n) is 7.85. The van der Waals surface area contributed by atoms with E-state index in [1.807, 2.05) is 13.8 Å². The van der Waals surface area contributed by atoms with Gasteiger partial charge in [0.2, 0.25) is 5.95 Å². The highest BCUT2D eigenvalue weighted by Gasteiger charge is 2.17. The fraction of sp³-hybridized carbons (Fsp3) is 0.500. The third-order valence-corrected chi connectivity index (χ3v) is 2.28. The standard InChI is InChI=1S/C10H13F2N/c1-3-7(4-2)9-8(11)5-6-13-10(9)12/h5-7H,3-4H2,1-2H3. The molecule has 0 saturated heterocycles. The van der Waals surface area contributed by atoms with Gasteiger partial charge in [0.15, 0.2) is 0 Å². The van der Waals surface area contributed by atoms with Gasteiger partial charge in [-0.25, -0.2) is 9.37 Å². The van der Waals surface area contributed by atoms with Gasteiger partial charge >= 0.3 is 0 Å². The van der Waals surface area contributed by atoms with Gasteiger partial charge in [-0.15, -0.1) is 0 Å². The van der Waals surface area contributed by atoms with Crippen LogP contribution in [0.1, 0.15) is 38.2 Å². The van der Waals surface area contributed by atoms with Gasteiger partial charge in [-0.05, 0) is 24.8 Å². The van der Waals surface area contributed by atoms with Gasteiger partial charge in [-0.3, -0.25) is 0 Å². The van der Waals surface area contributed by atoms with Gasteiger partial charge in [0.25, 0.3) is 0 Å². The van der Waals surface area contributed by atoms with Crippen LogP contribution in [0.15, 0.2) is 12.3 Å². The molecule has 0 aliphatic rings. The minimum Gasteiger partial charge on any atom is -0.228 e. The van der Waals surface area contributed by atoms with Crippen LogP contribution in [0.2, 0.25) is 0 Å². The molecule has 1 rings (SSSR count). The molecule has 0 radical (unpaired) electrons. The maximum absolute atomic E-state index is 13.2. The van der Waals surface area contributed by atoms with E-state index in [9.17, 15) is 8.78 Å². The predicted octanol–water partition coefficient (Wildman–Crippen LogP) is 3.26. The van der Waals surface area contributed by atoms with Crippen LogP contribution in [0, 0.1) is 11.8 Å². The van der Waals surface area contributed by atoms with Crippen LogP contribution >= 0.6 is 0 Å². The summed E-state index contributed by atoms with van der Waals surface area (Å²) in [5.41, 5.74) is 0.132. The Morgan fingerprint density at radius 1 is 1.31 bits per heavy atom. The van der Waals surface area contributed by atoms with Gasteiger partial charge in [0, 0.05) is 11.8 Å². The van der Waals surface area contributed by atoms with E-state index in [2.05, 4.69) is 4.98 Å². The highest BCUT2D eigenvalue weighted by atomic mass is 19.1. The molecule has 1 aromatic heterocycles. The number of nitrogens with zero attached hydrogens (tertiary/aromatic N) is 1. The Labute approximate surface area is 76.8 Å². The summed E-state index contributed by atoms with van der Waals surface area (Å²) in [6.45, 7) is 3.83. The first-order valence-electron chi connectivity index (χ1n) is 4.50. The van der Waals surface area contributed by atoms with E-state index in [4.69, 9.17) is 0 Å². The third-order valence-electron chi connectivity index (χ3n) is 2.28. The molecule has 0 bridgehead atoms. The summed E-state index contributed by atoms with van der Waals surface area (Å²) in [6, 6.07) is 1.21. The number of halogens is 2. The topological polar surface area (TPSA) is 12.9 Å². The lowest BCUT2D eigenvalue weighted by Gasteiger charge is -2.13. The molecule has 0 fully saturated rings. The van der Waals surface area contributed by atoms with E-state index in [-0.39, 0.29) is 11.5 Å². The van der Waals surface area contributed by atoms with Crippen LogP contribution < -0.4 is 0 Å². The summed E-state index contributed by atoms with van der Waals surface area (Å²) in [6.07, 6.45) is 2.61. The molecule has 0 N–H and O–H groups in total. The van der Waals surface area contributed by atoms with Crippen molar-refractivity contribution in [3.8, 4) is 0 Å². The zero-order chi connectivity index (χ0) is 9.84. The first-order valence-corrected chi connectivity index (χ1v) is 4.50. The van der Waals surface area contributed by atoms with Gasteiger partial charge < -0.3 is 0 Å². The smallest absolute Gasteiger partial charge is 0.219 e. The molecule has 0 saturated carbocycles. The van der Waals surface area contributed by atoms with E-state index in [0.29, 0.717) is 0 Å². The molecule has 13 heavy (non-hydrogen) atoms. The fourth-order valence-electron chi connectivity index (χ4n) is 1.49. The molecule has 0 atom stereocenters. The zero-order valence-corrected chi connectivity index (χ0v) is 7.85. The maximum atomic E-state index is 13.2. The minimum absolute atomic E-state index is 0.0614. The van der Waals surface area contributed by atoms with Crippen molar-refractivity contribution < 1.29 is 8.78 Å². The molecule has 1 nitrogen and oxygen atoms in total. The molecule has 0 aliphatic heterocycles. The maximum Gasteiger partial charge on any atom is 0.219 e. The third kappa shape index (κ3) is 2.02. The Morgan fingerprint density at radius 3 is 2.38 bits per heavy atom. The molecule has 0 aromatic carbocycles. The van der Waals surface area contributed by atoms with E-state index >= 15 is 0 Å². The van der Waals surface area contributed by atoms with Crippen molar-refractivity contribution in [1.29, 1.82) is 0 Å². The Balaban J connectivity index is 3.10. The second-order valence-corrected chi connectivity index (χ2v) is 3.01. The van der Waals surface area contributed by atoms with Crippen molar-refractivity contribution in [2.45, 2.75) is 32.6 Å². The second-order valence-electron chi connectivity index (χ2n) is 3.01. The van der Waals surface area contributed by atoms with E-state index in [1.54, 1.807) is 0 Å². The highest BCUT2D eigenvalue weighted by molar-refractivity contribution is 5.18. The van der Waals surface area contributed by atoms with Crippen LogP contribution in [0.3, 0.4) is 0 Å². The van der Waals surface area contributed by atoms with Crippen molar-refractivity contribution in [1.82, 2.24) is 4.98 Å². The molecule has 1 aromatic rings. The van der Waals surface area contributed by atoms with Crippen molar-refractivity contribution in [3.63, 3.8) is 0 Å². The van der Waals surface area contributed by atoms with E-state index in [0.717, 1.165) is 19.0 Å². The van der Waals surface area contributed by atoms with E-state index < -0.39 is 11.8 Å². The first kappa shape index (κ1) is 10.1. The van der Waals surface area contributed by atoms with Crippen LogP contribution in [-0.2, 0) is 0 Å². The van der Waals surface area contributed by atoms with Gasteiger partial charge in [0.1, 0.15) is 5.82 Å². The quantitative estimate of drug-likeness (QED) is 0.658. The lowest BCUT2D eigenvalue weighted by atomic mass is 9.95. The Kier molecular flexibility index (Phi) is 3.34. The van der Waals surface area contributed by atoms with Crippen LogP contribution in [-0.4, -0.2) is 4.98 Å². The van der Waals surface area contributed by atoms with Crippen LogP contribution in [0.5, 0.6) is 0 Å². The molecule has 0 spiro atoms. The monoisotopic (exact) mass is 185 g/mol. The Bertz CT molecular complexity index is 262. The van der Waals surface area contributed by atoms with Crippen LogP contribution in [0.4, 0.5) is 8.78 Å². The highest BCUT2D eigenvalue weighted by Crippen LogP contribution is 2.26. The van der Waals surface area contributed by atoms with Crippen molar-refractivity contribution in [2.24, 2.45) is 0 Å². The van der Waals surface area contributed by atoms with Gasteiger partial charge in [-0.1, -0.05) is 13.8 Å². The lowest BCUT2D eigenvalue weighted by molar-refractivity contribution is 0.486. The Morgan fingerprint density at radius 2 is 1.92 bits per heavy atom. The summed E-state index contributed by atoms with van der Waals surface area (Å²) < 4.78 is 26.3. The summed E-state index contributed by atoms with van der Waals surface area (Å²) in [4.78, 5) is 3.45. The average molecular weight is 185 g/mol. The number of pyridine rings is 1. The molecule has 1 heterocycles. The minimum atomic E-state index is -0.672. The second kappa shape index (κ2) is 4.30. The molecular formula is C10H13F2N. The molecule has 72 valence electrons. The number of aromatic nitrogens is 1. The summed E-state index contributed by atoms with van der Waals surface area (Å²) in [7, 11) is 0. The molecule has 0 unspecified atom stereocenters. The van der Waals surface area contributed by atoms with Crippen molar-refractivity contribution >= 4 is 0 Å². The average Bonchev–Trinajstić information content (AvgIpc) is 2.11. The van der Waals surface area contributed by atoms with Crippen molar-refractivity contribution in [3.05, 3.63) is 29.6 Å². The normalized spacial score (nSPS) is 10.8.